The maximum atomic E-state index is 9.12. The normalized spacial score (nSPS) is 21.8. The molecule has 4 heteroatoms. The van der Waals surface area contributed by atoms with Crippen LogP contribution in [0.2, 0.25) is 0 Å². The molecule has 3 nitrogen and oxygen atoms in total. The molecule has 0 radical (unpaired) electrons. The molecule has 1 aromatic carbocycles. The zero-order chi connectivity index (χ0) is 14.8. The second-order valence-corrected chi connectivity index (χ2v) is 6.56. The van der Waals surface area contributed by atoms with Crippen molar-refractivity contribution in [2.24, 2.45) is 11.8 Å². The van der Waals surface area contributed by atoms with E-state index >= 15 is 0 Å². The number of nitrogens with zero attached hydrogens (tertiary/aromatic N) is 3. The van der Waals surface area contributed by atoms with Gasteiger partial charge in [-0.1, -0.05) is 13.3 Å². The Bertz CT molecular complexity index is 683. The quantitative estimate of drug-likeness (QED) is 0.797. The van der Waals surface area contributed by atoms with Crippen molar-refractivity contribution in [2.75, 3.05) is 5.88 Å². The highest BCUT2D eigenvalue weighted by molar-refractivity contribution is 6.17. The summed E-state index contributed by atoms with van der Waals surface area (Å²) >= 11 is 5.93. The summed E-state index contributed by atoms with van der Waals surface area (Å²) in [4.78, 5) is 4.71. The molecule has 0 amide bonds. The molecule has 21 heavy (non-hydrogen) atoms. The molecule has 1 fully saturated rings. The summed E-state index contributed by atoms with van der Waals surface area (Å²) in [5.41, 5.74) is 2.75. The zero-order valence-electron chi connectivity index (χ0n) is 12.3. The molecule has 110 valence electrons. The van der Waals surface area contributed by atoms with Gasteiger partial charge in [-0.05, 0) is 42.9 Å². The number of halogens is 1. The van der Waals surface area contributed by atoms with E-state index in [0.29, 0.717) is 11.4 Å². The summed E-state index contributed by atoms with van der Waals surface area (Å²) in [5.74, 6) is 3.18. The van der Waals surface area contributed by atoms with E-state index in [1.807, 2.05) is 18.2 Å². The van der Waals surface area contributed by atoms with Crippen LogP contribution in [0.1, 0.15) is 37.6 Å². The van der Waals surface area contributed by atoms with Crippen molar-refractivity contribution in [1.82, 2.24) is 9.55 Å². The number of nitriles is 1. The number of hydrogen-bond acceptors (Lipinski definition) is 2. The molecule has 2 unspecified atom stereocenters. The van der Waals surface area contributed by atoms with E-state index in [1.54, 1.807) is 0 Å². The fourth-order valence-electron chi connectivity index (χ4n) is 3.47. The summed E-state index contributed by atoms with van der Waals surface area (Å²) in [6, 6.07) is 7.96. The molecule has 1 aliphatic carbocycles. The van der Waals surface area contributed by atoms with E-state index in [1.165, 1.54) is 19.3 Å². The van der Waals surface area contributed by atoms with Crippen LogP contribution in [0.5, 0.6) is 0 Å². The Labute approximate surface area is 130 Å². The molecular formula is C17H20ClN3. The first-order valence-electron chi connectivity index (χ1n) is 7.66. The lowest BCUT2D eigenvalue weighted by molar-refractivity contribution is 0.439. The molecule has 1 aliphatic rings. The van der Waals surface area contributed by atoms with Gasteiger partial charge in [0.05, 0.1) is 22.7 Å². The lowest BCUT2D eigenvalue weighted by Gasteiger charge is -2.14. The lowest BCUT2D eigenvalue weighted by Crippen LogP contribution is -2.11. The minimum Gasteiger partial charge on any atom is -0.328 e. The number of rotatable bonds is 4. The average Bonchev–Trinajstić information content (AvgIpc) is 3.04. The second-order valence-electron chi connectivity index (χ2n) is 6.18. The first-order chi connectivity index (χ1) is 10.2. The summed E-state index contributed by atoms with van der Waals surface area (Å²) in [7, 11) is 0. The average molecular weight is 302 g/mol. The second kappa shape index (κ2) is 6.07. The number of fused-ring (bicyclic) bond motifs is 1. The van der Waals surface area contributed by atoms with Crippen LogP contribution in [-0.4, -0.2) is 15.4 Å². The predicted octanol–water partition coefficient (Wildman–Crippen LogP) is 4.13. The van der Waals surface area contributed by atoms with Crippen LogP contribution in [0.15, 0.2) is 18.2 Å². The summed E-state index contributed by atoms with van der Waals surface area (Å²) < 4.78 is 2.29. The van der Waals surface area contributed by atoms with Crippen molar-refractivity contribution in [2.45, 2.75) is 39.2 Å². The van der Waals surface area contributed by atoms with Gasteiger partial charge in [-0.3, -0.25) is 0 Å². The molecule has 0 saturated heterocycles. The molecule has 0 aliphatic heterocycles. The van der Waals surface area contributed by atoms with Gasteiger partial charge in [-0.25, -0.2) is 4.98 Å². The topological polar surface area (TPSA) is 41.6 Å². The van der Waals surface area contributed by atoms with Crippen LogP contribution in [0.4, 0.5) is 0 Å². The number of benzene rings is 1. The fraction of sp³-hybridized carbons (Fsp3) is 0.529. The smallest absolute Gasteiger partial charge is 0.111 e. The van der Waals surface area contributed by atoms with Gasteiger partial charge in [-0.2, -0.15) is 5.26 Å². The van der Waals surface area contributed by atoms with Crippen molar-refractivity contribution in [3.63, 3.8) is 0 Å². The van der Waals surface area contributed by atoms with Gasteiger partial charge in [0.25, 0.3) is 0 Å². The molecule has 0 N–H and O–H groups in total. The van der Waals surface area contributed by atoms with Crippen LogP contribution in [-0.2, 0) is 13.0 Å². The third kappa shape index (κ3) is 2.91. The van der Waals surface area contributed by atoms with Crippen molar-refractivity contribution < 1.29 is 0 Å². The largest absolute Gasteiger partial charge is 0.328 e. The summed E-state index contributed by atoms with van der Waals surface area (Å²) in [6.07, 6.45) is 4.68. The molecule has 1 heterocycles. The van der Waals surface area contributed by atoms with Crippen molar-refractivity contribution in [3.05, 3.63) is 29.6 Å². The lowest BCUT2D eigenvalue weighted by atomic mass is 10.1. The number of hydrogen-bond donors (Lipinski definition) is 0. The Hall–Kier alpha value is -1.53. The highest BCUT2D eigenvalue weighted by atomic mass is 35.5. The Morgan fingerprint density at radius 3 is 2.95 bits per heavy atom. The first kappa shape index (κ1) is 14.4. The maximum absolute atomic E-state index is 9.12. The third-order valence-corrected chi connectivity index (χ3v) is 4.71. The Morgan fingerprint density at radius 2 is 2.29 bits per heavy atom. The van der Waals surface area contributed by atoms with Gasteiger partial charge in [-0.15, -0.1) is 11.6 Å². The molecular weight excluding hydrogens is 282 g/mol. The summed E-state index contributed by atoms with van der Waals surface area (Å²) in [5, 5.41) is 9.12. The number of alkyl halides is 1. The van der Waals surface area contributed by atoms with E-state index in [-0.39, 0.29) is 0 Å². The first-order valence-corrected chi connectivity index (χ1v) is 8.20. The van der Waals surface area contributed by atoms with E-state index < -0.39 is 0 Å². The van der Waals surface area contributed by atoms with E-state index in [2.05, 4.69) is 17.6 Å². The molecule has 2 aromatic rings. The van der Waals surface area contributed by atoms with Crippen LogP contribution in [0.25, 0.3) is 11.0 Å². The maximum Gasteiger partial charge on any atom is 0.111 e. The Kier molecular flexibility index (Phi) is 4.17. The fourth-order valence-corrected chi connectivity index (χ4v) is 3.64. The third-order valence-electron chi connectivity index (χ3n) is 4.52. The Morgan fingerprint density at radius 1 is 1.43 bits per heavy atom. The number of imidazole rings is 1. The van der Waals surface area contributed by atoms with Crippen molar-refractivity contribution >= 4 is 22.6 Å². The molecule has 3 rings (SSSR count). The highest BCUT2D eigenvalue weighted by Gasteiger charge is 2.23. The number of aromatic nitrogens is 2. The van der Waals surface area contributed by atoms with Gasteiger partial charge in [0.1, 0.15) is 5.82 Å². The van der Waals surface area contributed by atoms with Crippen LogP contribution in [0.3, 0.4) is 0 Å². The minimum absolute atomic E-state index is 0.579. The highest BCUT2D eigenvalue weighted by Crippen LogP contribution is 2.32. The van der Waals surface area contributed by atoms with E-state index in [9.17, 15) is 0 Å². The number of aryl methyl sites for hydroxylation is 1. The predicted molar refractivity (Wildman–Crippen MR) is 85.4 cm³/mol. The molecule has 2 atom stereocenters. The van der Waals surface area contributed by atoms with E-state index in [0.717, 1.165) is 41.7 Å². The summed E-state index contributed by atoms with van der Waals surface area (Å²) in [6.45, 7) is 3.33. The van der Waals surface area contributed by atoms with Crippen LogP contribution in [0, 0.1) is 23.2 Å². The van der Waals surface area contributed by atoms with Gasteiger partial charge >= 0.3 is 0 Å². The van der Waals surface area contributed by atoms with Gasteiger partial charge in [0.15, 0.2) is 0 Å². The SMILES string of the molecule is CC1CCC(Cn2c(CCCl)nc3ccc(C#N)cc32)C1. The van der Waals surface area contributed by atoms with Gasteiger partial charge in [0.2, 0.25) is 0 Å². The van der Waals surface area contributed by atoms with Gasteiger partial charge < -0.3 is 4.57 Å². The molecule has 1 saturated carbocycles. The van der Waals surface area contributed by atoms with E-state index in [4.69, 9.17) is 21.8 Å². The standard InChI is InChI=1S/C17H20ClN3/c1-12-2-3-14(8-12)11-21-16-9-13(10-19)4-5-15(16)20-17(21)6-7-18/h4-5,9,12,14H,2-3,6-8,11H2,1H3. The van der Waals surface area contributed by atoms with Crippen LogP contribution < -0.4 is 0 Å². The Balaban J connectivity index is 2.00. The molecule has 0 spiro atoms. The molecule has 0 bridgehead atoms. The van der Waals surface area contributed by atoms with Crippen molar-refractivity contribution in [1.29, 1.82) is 5.26 Å². The van der Waals surface area contributed by atoms with Crippen molar-refractivity contribution in [3.8, 4) is 6.07 Å². The molecule has 1 aromatic heterocycles. The van der Waals surface area contributed by atoms with Crippen LogP contribution >= 0.6 is 11.6 Å². The minimum atomic E-state index is 0.579. The zero-order valence-corrected chi connectivity index (χ0v) is 13.1. The monoisotopic (exact) mass is 301 g/mol. The van der Waals surface area contributed by atoms with Gasteiger partial charge in [0, 0.05) is 18.8 Å².